The second kappa shape index (κ2) is 8.90. The van der Waals surface area contributed by atoms with Crippen molar-refractivity contribution in [3.05, 3.63) is 78.9 Å². The van der Waals surface area contributed by atoms with Crippen molar-refractivity contribution in [2.24, 2.45) is 0 Å². The van der Waals surface area contributed by atoms with E-state index in [1.807, 2.05) is 0 Å². The fourth-order valence-electron chi connectivity index (χ4n) is 3.15. The fraction of sp³-hybridized carbons (Fsp3) is 0.0476. The van der Waals surface area contributed by atoms with Crippen LogP contribution < -0.4 is 9.46 Å². The molecule has 3 heterocycles. The SMILES string of the molecule is Cc1nc(Oc2ccc(NS(=O)(=O)c3ccc(F)c(-c4nn[nH]n4)c3)cc2)cc(-n2ccnc2)n1. The van der Waals surface area contributed by atoms with Crippen molar-refractivity contribution >= 4 is 15.7 Å². The van der Waals surface area contributed by atoms with Crippen LogP contribution in [0.5, 0.6) is 11.6 Å². The second-order valence-electron chi connectivity index (χ2n) is 7.19. The predicted molar refractivity (Wildman–Crippen MR) is 121 cm³/mol. The average molecular weight is 493 g/mol. The Morgan fingerprint density at radius 2 is 1.91 bits per heavy atom. The van der Waals surface area contributed by atoms with Gasteiger partial charge in [-0.25, -0.2) is 22.8 Å². The topological polar surface area (TPSA) is 153 Å². The lowest BCUT2D eigenvalue weighted by Gasteiger charge is -2.11. The number of aryl methyl sites for hydroxylation is 1. The van der Waals surface area contributed by atoms with E-state index in [1.165, 1.54) is 12.1 Å². The number of anilines is 1. The van der Waals surface area contributed by atoms with Gasteiger partial charge in [0.1, 0.15) is 29.5 Å². The molecule has 176 valence electrons. The number of imidazole rings is 1. The van der Waals surface area contributed by atoms with E-state index < -0.39 is 15.8 Å². The Bertz CT molecular complexity index is 1570. The summed E-state index contributed by atoms with van der Waals surface area (Å²) in [6.45, 7) is 1.74. The third-order valence-electron chi connectivity index (χ3n) is 4.73. The summed E-state index contributed by atoms with van der Waals surface area (Å²) in [5, 5.41) is 13.0. The highest BCUT2D eigenvalue weighted by molar-refractivity contribution is 7.92. The van der Waals surface area contributed by atoms with Gasteiger partial charge < -0.3 is 4.74 Å². The molecule has 5 aromatic rings. The summed E-state index contributed by atoms with van der Waals surface area (Å²) in [4.78, 5) is 12.5. The summed E-state index contributed by atoms with van der Waals surface area (Å²) in [6, 6.07) is 11.2. The quantitative estimate of drug-likeness (QED) is 0.348. The molecule has 0 bridgehead atoms. The number of nitrogens with one attached hydrogen (secondary N) is 2. The number of hydrogen-bond acceptors (Lipinski definition) is 9. The fourth-order valence-corrected chi connectivity index (χ4v) is 4.23. The van der Waals surface area contributed by atoms with E-state index in [0.717, 1.165) is 18.2 Å². The summed E-state index contributed by atoms with van der Waals surface area (Å²) < 4.78 is 49.8. The minimum atomic E-state index is -4.02. The number of aromatic amines is 1. The Balaban J connectivity index is 1.33. The van der Waals surface area contributed by atoms with Crippen molar-refractivity contribution in [3.8, 4) is 28.8 Å². The summed E-state index contributed by atoms with van der Waals surface area (Å²) in [5.41, 5.74) is 0.182. The molecule has 5 rings (SSSR count). The molecule has 2 N–H and O–H groups in total. The molecule has 0 radical (unpaired) electrons. The Hall–Kier alpha value is -4.72. The van der Waals surface area contributed by atoms with Crippen molar-refractivity contribution < 1.29 is 17.5 Å². The minimum Gasteiger partial charge on any atom is -0.439 e. The zero-order chi connectivity index (χ0) is 24.4. The summed E-state index contributed by atoms with van der Waals surface area (Å²) >= 11 is 0. The molecule has 0 aliphatic rings. The smallest absolute Gasteiger partial charge is 0.261 e. The Morgan fingerprint density at radius 1 is 1.09 bits per heavy atom. The van der Waals surface area contributed by atoms with Crippen LogP contribution in [-0.2, 0) is 10.0 Å². The molecule has 12 nitrogen and oxygen atoms in total. The van der Waals surface area contributed by atoms with Crippen LogP contribution in [0.15, 0.2) is 72.1 Å². The average Bonchev–Trinajstić information content (AvgIpc) is 3.55. The number of nitrogens with zero attached hydrogens (tertiary/aromatic N) is 7. The lowest BCUT2D eigenvalue weighted by Crippen LogP contribution is -2.13. The molecule has 3 aromatic heterocycles. The van der Waals surface area contributed by atoms with Crippen molar-refractivity contribution in [3.63, 3.8) is 0 Å². The molecular weight excluding hydrogens is 477 g/mol. The van der Waals surface area contributed by atoms with Crippen LogP contribution in [0.25, 0.3) is 17.2 Å². The first-order valence-corrected chi connectivity index (χ1v) is 11.5. The van der Waals surface area contributed by atoms with Crippen LogP contribution in [0, 0.1) is 12.7 Å². The number of hydrogen-bond donors (Lipinski definition) is 2. The molecular formula is C21H16FN9O3S. The zero-order valence-electron chi connectivity index (χ0n) is 18.0. The van der Waals surface area contributed by atoms with Gasteiger partial charge in [0.2, 0.25) is 11.7 Å². The number of H-pyrrole nitrogens is 1. The highest BCUT2D eigenvalue weighted by Gasteiger charge is 2.19. The molecule has 2 aromatic carbocycles. The van der Waals surface area contributed by atoms with Gasteiger partial charge in [-0.2, -0.15) is 10.2 Å². The van der Waals surface area contributed by atoms with E-state index in [4.69, 9.17) is 4.74 Å². The maximum atomic E-state index is 14.1. The first-order chi connectivity index (χ1) is 16.9. The van der Waals surface area contributed by atoms with Gasteiger partial charge in [0.25, 0.3) is 10.0 Å². The van der Waals surface area contributed by atoms with Gasteiger partial charge in [-0.05, 0) is 54.6 Å². The lowest BCUT2D eigenvalue weighted by atomic mass is 10.2. The van der Waals surface area contributed by atoms with Gasteiger partial charge in [0.05, 0.1) is 10.5 Å². The third kappa shape index (κ3) is 4.81. The number of halogens is 1. The number of ether oxygens (including phenoxy) is 1. The molecule has 14 heteroatoms. The van der Waals surface area contributed by atoms with Gasteiger partial charge in [-0.3, -0.25) is 9.29 Å². The van der Waals surface area contributed by atoms with E-state index in [2.05, 4.69) is 40.3 Å². The first-order valence-electron chi connectivity index (χ1n) is 10.1. The van der Waals surface area contributed by atoms with Crippen LogP contribution in [0.3, 0.4) is 0 Å². The van der Waals surface area contributed by atoms with Gasteiger partial charge in [-0.15, -0.1) is 10.2 Å². The van der Waals surface area contributed by atoms with Crippen LogP contribution in [-0.4, -0.2) is 48.6 Å². The normalized spacial score (nSPS) is 11.4. The molecule has 0 saturated heterocycles. The van der Waals surface area contributed by atoms with E-state index in [1.54, 1.807) is 48.4 Å². The molecule has 0 spiro atoms. The minimum absolute atomic E-state index is 0.0581. The molecule has 0 unspecified atom stereocenters. The van der Waals surface area contributed by atoms with Crippen molar-refractivity contribution in [2.75, 3.05) is 4.72 Å². The Kier molecular flexibility index (Phi) is 5.62. The van der Waals surface area contributed by atoms with Gasteiger partial charge >= 0.3 is 0 Å². The van der Waals surface area contributed by atoms with Crippen molar-refractivity contribution in [1.82, 2.24) is 40.1 Å². The van der Waals surface area contributed by atoms with Crippen molar-refractivity contribution in [1.29, 1.82) is 0 Å². The van der Waals surface area contributed by atoms with Crippen molar-refractivity contribution in [2.45, 2.75) is 11.8 Å². The molecule has 0 aliphatic heterocycles. The Morgan fingerprint density at radius 3 is 2.63 bits per heavy atom. The zero-order valence-corrected chi connectivity index (χ0v) is 18.8. The number of rotatable bonds is 7. The number of tetrazole rings is 1. The maximum Gasteiger partial charge on any atom is 0.261 e. The van der Waals surface area contributed by atoms with E-state index >= 15 is 0 Å². The number of benzene rings is 2. The van der Waals surface area contributed by atoms with Gasteiger partial charge in [0, 0.05) is 24.1 Å². The van der Waals surface area contributed by atoms with Crippen LogP contribution in [0.2, 0.25) is 0 Å². The molecule has 0 saturated carbocycles. The molecule has 35 heavy (non-hydrogen) atoms. The van der Waals surface area contributed by atoms with Crippen LogP contribution in [0.4, 0.5) is 10.1 Å². The number of aromatic nitrogens is 8. The summed E-state index contributed by atoms with van der Waals surface area (Å²) in [7, 11) is -4.02. The lowest BCUT2D eigenvalue weighted by molar-refractivity contribution is 0.459. The maximum absolute atomic E-state index is 14.1. The van der Waals surface area contributed by atoms with Gasteiger partial charge in [-0.1, -0.05) is 0 Å². The van der Waals surface area contributed by atoms with E-state index in [0.29, 0.717) is 23.3 Å². The molecule has 0 amide bonds. The van der Waals surface area contributed by atoms with Crippen LogP contribution in [0.1, 0.15) is 5.82 Å². The summed E-state index contributed by atoms with van der Waals surface area (Å²) in [5.74, 6) is 1.11. The molecule has 0 aliphatic carbocycles. The predicted octanol–water partition coefficient (Wildman–Crippen LogP) is 2.88. The van der Waals surface area contributed by atoms with Crippen LogP contribution >= 0.6 is 0 Å². The monoisotopic (exact) mass is 493 g/mol. The second-order valence-corrected chi connectivity index (χ2v) is 8.87. The number of sulfonamides is 1. The molecule has 0 atom stereocenters. The van der Waals surface area contributed by atoms with E-state index in [9.17, 15) is 12.8 Å². The van der Waals surface area contributed by atoms with E-state index in [-0.39, 0.29) is 22.0 Å². The largest absolute Gasteiger partial charge is 0.439 e. The molecule has 0 fully saturated rings. The van der Waals surface area contributed by atoms with Gasteiger partial charge in [0.15, 0.2) is 0 Å². The first kappa shape index (κ1) is 22.1. The highest BCUT2D eigenvalue weighted by atomic mass is 32.2. The Labute approximate surface area is 197 Å². The third-order valence-corrected chi connectivity index (χ3v) is 6.11. The standard InChI is InChI=1S/C21H16FN9O3S/c1-13-24-19(31-9-8-23-12-31)11-20(25-13)34-15-4-2-14(3-5-15)28-35(32,33)16-6-7-18(22)17(10-16)21-26-29-30-27-21/h2-12,28H,1H3,(H,26,27,29,30). The summed E-state index contributed by atoms with van der Waals surface area (Å²) in [6.07, 6.45) is 4.99. The highest BCUT2D eigenvalue weighted by Crippen LogP contribution is 2.26.